The minimum Gasteiger partial charge on any atom is -0.360 e. The summed E-state index contributed by atoms with van der Waals surface area (Å²) in [6, 6.07) is 4.87. The van der Waals surface area contributed by atoms with Crippen molar-refractivity contribution in [2.45, 2.75) is 13.0 Å². The summed E-state index contributed by atoms with van der Waals surface area (Å²) < 4.78 is 0. The third-order valence-electron chi connectivity index (χ3n) is 5.16. The zero-order valence-electron chi connectivity index (χ0n) is 16.2. The van der Waals surface area contributed by atoms with Crippen LogP contribution in [-0.2, 0) is 0 Å². The van der Waals surface area contributed by atoms with Gasteiger partial charge in [0.25, 0.3) is 0 Å². The van der Waals surface area contributed by atoms with Gasteiger partial charge in [0.2, 0.25) is 0 Å². The fraction of sp³-hybridized carbons (Fsp3) is 0.722. The topological polar surface area (TPSA) is 37.4 Å². The smallest absolute Gasteiger partial charge is 0.194 e. The second-order valence-electron chi connectivity index (χ2n) is 7.02. The summed E-state index contributed by atoms with van der Waals surface area (Å²) in [6.45, 7) is 11.5. The van der Waals surface area contributed by atoms with E-state index in [9.17, 15) is 0 Å². The average molecular weight is 492 g/mol. The third-order valence-corrected chi connectivity index (χ3v) is 6.09. The Hall–Kier alpha value is -0.580. The summed E-state index contributed by atoms with van der Waals surface area (Å²) in [4.78, 5) is 14.7. The van der Waals surface area contributed by atoms with E-state index in [-0.39, 0.29) is 24.0 Å². The molecule has 8 heteroatoms. The molecule has 1 N–H and O–H groups in total. The van der Waals surface area contributed by atoms with Gasteiger partial charge in [-0.1, -0.05) is 0 Å². The Labute approximate surface area is 179 Å². The molecule has 1 unspecified atom stereocenters. The molecular weight excluding hydrogens is 459 g/mol. The Morgan fingerprint density at radius 2 is 1.96 bits per heavy atom. The number of rotatable bonds is 4. The zero-order chi connectivity index (χ0) is 17.6. The Morgan fingerprint density at radius 3 is 2.62 bits per heavy atom. The molecule has 2 aliphatic rings. The van der Waals surface area contributed by atoms with Gasteiger partial charge in [0.15, 0.2) is 5.96 Å². The third kappa shape index (κ3) is 5.71. The predicted octanol–water partition coefficient (Wildman–Crippen LogP) is 1.70. The lowest BCUT2D eigenvalue weighted by molar-refractivity contribution is 0.119. The van der Waals surface area contributed by atoms with Crippen LogP contribution < -0.4 is 10.2 Å². The molecule has 3 heterocycles. The van der Waals surface area contributed by atoms with Crippen LogP contribution in [0.1, 0.15) is 6.92 Å². The zero-order valence-corrected chi connectivity index (χ0v) is 19.4. The number of hydrogen-bond donors (Lipinski definition) is 1. The predicted molar refractivity (Wildman–Crippen MR) is 123 cm³/mol. The largest absolute Gasteiger partial charge is 0.360 e. The van der Waals surface area contributed by atoms with Gasteiger partial charge in [-0.2, -0.15) is 0 Å². The van der Waals surface area contributed by atoms with E-state index in [2.05, 4.69) is 63.4 Å². The SMILES string of the molecule is CCNC(=NCC1CN(C)CCN1C)N1CCN(c2cccs2)CC1.I. The molecule has 1 aromatic rings. The van der Waals surface area contributed by atoms with Crippen LogP contribution in [0.5, 0.6) is 0 Å². The lowest BCUT2D eigenvalue weighted by Gasteiger charge is -2.38. The van der Waals surface area contributed by atoms with Crippen LogP contribution in [0.4, 0.5) is 5.00 Å². The number of guanidine groups is 1. The Kier molecular flexibility index (Phi) is 8.92. The van der Waals surface area contributed by atoms with E-state index in [4.69, 9.17) is 4.99 Å². The summed E-state index contributed by atoms with van der Waals surface area (Å²) in [5.41, 5.74) is 0. The standard InChI is InChI=1S/C18H32N6S.HI/c1-4-19-18(20-14-16-15-21(2)7-8-22(16)3)24-11-9-23(10-12-24)17-6-5-13-25-17;/h5-6,13,16H,4,7-12,14-15H2,1-3H3,(H,19,20);1H. The molecule has 1 atom stereocenters. The summed E-state index contributed by atoms with van der Waals surface area (Å²) in [6.07, 6.45) is 0. The van der Waals surface area contributed by atoms with Crippen molar-refractivity contribution in [3.8, 4) is 0 Å². The van der Waals surface area contributed by atoms with Crippen molar-refractivity contribution in [2.24, 2.45) is 4.99 Å². The minimum absolute atomic E-state index is 0. The Morgan fingerprint density at radius 1 is 1.19 bits per heavy atom. The number of halogens is 1. The van der Waals surface area contributed by atoms with E-state index in [1.165, 1.54) is 5.00 Å². The first-order chi connectivity index (χ1) is 12.2. The lowest BCUT2D eigenvalue weighted by atomic mass is 10.2. The van der Waals surface area contributed by atoms with Crippen molar-refractivity contribution in [2.75, 3.05) is 77.9 Å². The Bertz CT molecular complexity index is 544. The number of hydrogen-bond acceptors (Lipinski definition) is 5. The number of nitrogens with one attached hydrogen (secondary N) is 1. The molecule has 3 rings (SSSR count). The number of aliphatic imine (C=N–C) groups is 1. The highest BCUT2D eigenvalue weighted by Crippen LogP contribution is 2.22. The van der Waals surface area contributed by atoms with Crippen molar-refractivity contribution >= 4 is 46.3 Å². The lowest BCUT2D eigenvalue weighted by Crippen LogP contribution is -2.54. The van der Waals surface area contributed by atoms with Crippen LogP contribution in [0, 0.1) is 0 Å². The number of nitrogens with zero attached hydrogens (tertiary/aromatic N) is 5. The normalized spacial score (nSPS) is 23.0. The van der Waals surface area contributed by atoms with Crippen molar-refractivity contribution in [1.29, 1.82) is 0 Å². The van der Waals surface area contributed by atoms with Gasteiger partial charge >= 0.3 is 0 Å². The Balaban J connectivity index is 0.00000243. The molecule has 2 aliphatic heterocycles. The maximum atomic E-state index is 4.98. The molecule has 6 nitrogen and oxygen atoms in total. The monoisotopic (exact) mass is 492 g/mol. The first-order valence-electron chi connectivity index (χ1n) is 9.38. The molecule has 26 heavy (non-hydrogen) atoms. The summed E-state index contributed by atoms with van der Waals surface area (Å²) in [5.74, 6) is 1.08. The number of likely N-dealkylation sites (N-methyl/N-ethyl adjacent to an activating group) is 2. The van der Waals surface area contributed by atoms with Crippen LogP contribution >= 0.6 is 35.3 Å². The molecule has 0 aromatic carbocycles. The van der Waals surface area contributed by atoms with Gasteiger partial charge < -0.3 is 20.0 Å². The number of anilines is 1. The van der Waals surface area contributed by atoms with Crippen LogP contribution in [0.25, 0.3) is 0 Å². The first-order valence-corrected chi connectivity index (χ1v) is 10.3. The fourth-order valence-corrected chi connectivity index (χ4v) is 4.29. The van der Waals surface area contributed by atoms with Gasteiger partial charge in [0.05, 0.1) is 11.5 Å². The van der Waals surface area contributed by atoms with Crippen LogP contribution in [0.15, 0.2) is 22.5 Å². The van der Waals surface area contributed by atoms with Gasteiger partial charge in [0.1, 0.15) is 0 Å². The molecule has 1 aromatic heterocycles. The molecule has 0 amide bonds. The average Bonchev–Trinajstić information content (AvgIpc) is 3.16. The van der Waals surface area contributed by atoms with E-state index in [1.54, 1.807) is 0 Å². The van der Waals surface area contributed by atoms with Gasteiger partial charge in [-0.05, 0) is 38.5 Å². The number of piperazine rings is 2. The molecule has 0 radical (unpaired) electrons. The van der Waals surface area contributed by atoms with Crippen LogP contribution in [-0.4, -0.2) is 99.7 Å². The van der Waals surface area contributed by atoms with Gasteiger partial charge in [0, 0.05) is 58.4 Å². The highest BCUT2D eigenvalue weighted by molar-refractivity contribution is 14.0. The second kappa shape index (κ2) is 10.7. The molecule has 2 saturated heterocycles. The van der Waals surface area contributed by atoms with Crippen molar-refractivity contribution < 1.29 is 0 Å². The quantitative estimate of drug-likeness (QED) is 0.394. The second-order valence-corrected chi connectivity index (χ2v) is 7.94. The van der Waals surface area contributed by atoms with Gasteiger partial charge in [-0.25, -0.2) is 0 Å². The number of thiophene rings is 1. The van der Waals surface area contributed by atoms with Crippen molar-refractivity contribution in [1.82, 2.24) is 20.0 Å². The molecule has 0 spiro atoms. The van der Waals surface area contributed by atoms with Crippen LogP contribution in [0.3, 0.4) is 0 Å². The summed E-state index contributed by atoms with van der Waals surface area (Å²) in [5, 5.41) is 7.04. The maximum Gasteiger partial charge on any atom is 0.194 e. The fourth-order valence-electron chi connectivity index (χ4n) is 3.50. The molecule has 0 saturated carbocycles. The summed E-state index contributed by atoms with van der Waals surface area (Å²) in [7, 11) is 4.43. The van der Waals surface area contributed by atoms with E-state index < -0.39 is 0 Å². The minimum atomic E-state index is 0. The van der Waals surface area contributed by atoms with Crippen molar-refractivity contribution in [3.05, 3.63) is 17.5 Å². The summed E-state index contributed by atoms with van der Waals surface area (Å²) >= 11 is 1.83. The highest BCUT2D eigenvalue weighted by atomic mass is 127. The van der Waals surface area contributed by atoms with E-state index in [0.717, 1.165) is 64.9 Å². The molecule has 2 fully saturated rings. The highest BCUT2D eigenvalue weighted by Gasteiger charge is 2.24. The van der Waals surface area contributed by atoms with E-state index >= 15 is 0 Å². The van der Waals surface area contributed by atoms with Crippen molar-refractivity contribution in [3.63, 3.8) is 0 Å². The molecule has 0 aliphatic carbocycles. The maximum absolute atomic E-state index is 4.98. The first kappa shape index (κ1) is 21.7. The van der Waals surface area contributed by atoms with Crippen LogP contribution in [0.2, 0.25) is 0 Å². The van der Waals surface area contributed by atoms with Gasteiger partial charge in [-0.3, -0.25) is 9.89 Å². The molecule has 148 valence electrons. The van der Waals surface area contributed by atoms with E-state index in [0.29, 0.717) is 6.04 Å². The molecule has 0 bridgehead atoms. The molecular formula is C18H33IN6S. The van der Waals surface area contributed by atoms with Gasteiger partial charge in [-0.15, -0.1) is 35.3 Å². The van der Waals surface area contributed by atoms with E-state index in [1.807, 2.05) is 11.3 Å².